The average Bonchev–Trinajstić information content (AvgIpc) is 3.20. The normalized spacial score (nSPS) is 17.0. The van der Waals surface area contributed by atoms with Gasteiger partial charge in [-0.25, -0.2) is 4.39 Å². The van der Waals surface area contributed by atoms with E-state index in [-0.39, 0.29) is 42.9 Å². The van der Waals surface area contributed by atoms with Gasteiger partial charge in [0.25, 0.3) is 0 Å². The molecule has 0 aliphatic carbocycles. The zero-order valence-electron chi connectivity index (χ0n) is 17.1. The van der Waals surface area contributed by atoms with E-state index in [1.165, 1.54) is 24.1 Å². The first-order chi connectivity index (χ1) is 14.0. The van der Waals surface area contributed by atoms with E-state index in [4.69, 9.17) is 4.74 Å². The number of carbonyl (C=O) groups is 2. The highest BCUT2D eigenvalue weighted by molar-refractivity contribution is 7.10. The van der Waals surface area contributed by atoms with Gasteiger partial charge in [0, 0.05) is 24.6 Å². The highest BCUT2D eigenvalue weighted by atomic mass is 32.1. The van der Waals surface area contributed by atoms with Crippen LogP contribution in [-0.2, 0) is 20.7 Å². The fourth-order valence-corrected chi connectivity index (χ4v) is 4.65. The summed E-state index contributed by atoms with van der Waals surface area (Å²) in [6, 6.07) is 8.02. The summed E-state index contributed by atoms with van der Waals surface area (Å²) in [6.07, 6.45) is 1.53. The third-order valence-electron chi connectivity index (χ3n) is 5.49. The van der Waals surface area contributed by atoms with Gasteiger partial charge in [0.1, 0.15) is 19.0 Å². The number of hydrogen-bond donors (Lipinski definition) is 0. The van der Waals surface area contributed by atoms with E-state index in [0.717, 1.165) is 24.0 Å². The number of benzene rings is 1. The molecule has 3 rings (SSSR count). The number of fused-ring (bicyclic) bond motifs is 1. The molecule has 0 saturated heterocycles. The maximum absolute atomic E-state index is 13.5. The van der Waals surface area contributed by atoms with Gasteiger partial charge < -0.3 is 14.5 Å². The number of ether oxygens (including phenoxy) is 1. The lowest BCUT2D eigenvalue weighted by atomic mass is 9.93. The van der Waals surface area contributed by atoms with Crippen LogP contribution in [-0.4, -0.2) is 54.5 Å². The second kappa shape index (κ2) is 9.50. The highest BCUT2D eigenvalue weighted by Crippen LogP contribution is 2.38. The van der Waals surface area contributed by atoms with E-state index in [0.29, 0.717) is 6.54 Å². The largest absolute Gasteiger partial charge is 0.375 e. The first-order valence-electron chi connectivity index (χ1n) is 9.85. The number of hydrogen-bond acceptors (Lipinski definition) is 4. The molecule has 2 amide bonds. The predicted molar refractivity (Wildman–Crippen MR) is 111 cm³/mol. The van der Waals surface area contributed by atoms with E-state index in [9.17, 15) is 14.0 Å². The van der Waals surface area contributed by atoms with Crippen LogP contribution in [0.4, 0.5) is 4.39 Å². The van der Waals surface area contributed by atoms with Gasteiger partial charge in [0.2, 0.25) is 11.8 Å². The third kappa shape index (κ3) is 4.67. The monoisotopic (exact) mass is 418 g/mol. The molecule has 2 heterocycles. The predicted octanol–water partition coefficient (Wildman–Crippen LogP) is 3.63. The van der Waals surface area contributed by atoms with E-state index in [1.54, 1.807) is 28.4 Å². The van der Waals surface area contributed by atoms with Crippen molar-refractivity contribution < 1.29 is 18.7 Å². The second-order valence-electron chi connectivity index (χ2n) is 7.30. The molecule has 0 unspecified atom stereocenters. The van der Waals surface area contributed by atoms with Crippen molar-refractivity contribution >= 4 is 23.2 Å². The first-order valence-corrected chi connectivity index (χ1v) is 10.7. The van der Waals surface area contributed by atoms with Gasteiger partial charge in [-0.05, 0) is 54.5 Å². The Morgan fingerprint density at radius 1 is 1.31 bits per heavy atom. The van der Waals surface area contributed by atoms with Crippen molar-refractivity contribution in [2.75, 3.05) is 26.8 Å². The lowest BCUT2D eigenvalue weighted by molar-refractivity contribution is -0.145. The van der Waals surface area contributed by atoms with Gasteiger partial charge >= 0.3 is 0 Å². The lowest BCUT2D eigenvalue weighted by Gasteiger charge is -2.38. The molecule has 1 aliphatic rings. The van der Waals surface area contributed by atoms with E-state index in [1.807, 2.05) is 30.2 Å². The minimum absolute atomic E-state index is 0.00830. The Kier molecular flexibility index (Phi) is 7.03. The summed E-state index contributed by atoms with van der Waals surface area (Å²) < 4.78 is 18.5. The highest BCUT2D eigenvalue weighted by Gasteiger charge is 2.34. The molecule has 1 aliphatic heterocycles. The van der Waals surface area contributed by atoms with Crippen LogP contribution in [0.1, 0.15) is 42.3 Å². The molecule has 0 fully saturated rings. The molecule has 7 heteroatoms. The van der Waals surface area contributed by atoms with Crippen molar-refractivity contribution in [2.24, 2.45) is 0 Å². The summed E-state index contributed by atoms with van der Waals surface area (Å²) >= 11 is 1.68. The van der Waals surface area contributed by atoms with Crippen molar-refractivity contribution in [1.82, 2.24) is 9.80 Å². The maximum atomic E-state index is 13.5. The molecule has 0 N–H and O–H groups in total. The summed E-state index contributed by atoms with van der Waals surface area (Å²) in [7, 11) is 1.47. The zero-order chi connectivity index (χ0) is 21.0. The van der Waals surface area contributed by atoms with Crippen LogP contribution in [0.25, 0.3) is 0 Å². The van der Waals surface area contributed by atoms with Gasteiger partial charge in [-0.2, -0.15) is 0 Å². The van der Waals surface area contributed by atoms with Gasteiger partial charge in [-0.15, -0.1) is 11.3 Å². The zero-order valence-corrected chi connectivity index (χ0v) is 17.9. The molecule has 1 aromatic carbocycles. The van der Waals surface area contributed by atoms with Gasteiger partial charge in [-0.3, -0.25) is 9.59 Å². The van der Waals surface area contributed by atoms with Crippen LogP contribution in [0.15, 0.2) is 35.7 Å². The molecule has 0 radical (unpaired) electrons. The Balaban J connectivity index is 1.89. The Hall–Kier alpha value is -2.25. The quantitative estimate of drug-likeness (QED) is 0.690. The molecular formula is C22H27FN2O3S. The van der Waals surface area contributed by atoms with Gasteiger partial charge in [-0.1, -0.05) is 19.1 Å². The number of amides is 2. The molecule has 29 heavy (non-hydrogen) atoms. The maximum Gasteiger partial charge on any atom is 0.249 e. The summed E-state index contributed by atoms with van der Waals surface area (Å²) in [4.78, 5) is 30.5. The number of methoxy groups -OCH3 is 1. The first kappa shape index (κ1) is 21.5. The van der Waals surface area contributed by atoms with E-state index < -0.39 is 0 Å². The van der Waals surface area contributed by atoms with Gasteiger partial charge in [0.15, 0.2) is 0 Å². The Morgan fingerprint density at radius 3 is 2.69 bits per heavy atom. The van der Waals surface area contributed by atoms with Crippen molar-refractivity contribution in [3.8, 4) is 0 Å². The smallest absolute Gasteiger partial charge is 0.249 e. The molecule has 5 nitrogen and oxygen atoms in total. The molecule has 0 bridgehead atoms. The Bertz CT molecular complexity index is 852. The van der Waals surface area contributed by atoms with Crippen LogP contribution in [0.3, 0.4) is 0 Å². The molecule has 156 valence electrons. The van der Waals surface area contributed by atoms with Crippen LogP contribution >= 0.6 is 11.3 Å². The number of thiophene rings is 1. The number of nitrogens with zero attached hydrogens (tertiary/aromatic N) is 2. The molecule has 0 spiro atoms. The Labute approximate surface area is 175 Å². The fraction of sp³-hybridized carbons (Fsp3) is 0.455. The summed E-state index contributed by atoms with van der Waals surface area (Å²) in [5.74, 6) is -0.608. The third-order valence-corrected chi connectivity index (χ3v) is 6.49. The standard InChI is InChI=1S/C22H27FN2O3S/c1-4-15(2)25(21(27)14-28-3)13-20(26)24-11-9-19-18(10-12-29-19)22(24)16-5-7-17(23)8-6-16/h5-8,10,12,15,22H,4,9,11,13-14H2,1-3H3/t15-,22-/m0/s1. The second-order valence-corrected chi connectivity index (χ2v) is 8.30. The van der Waals surface area contributed by atoms with Crippen molar-refractivity contribution in [3.63, 3.8) is 0 Å². The Morgan fingerprint density at radius 2 is 2.03 bits per heavy atom. The lowest BCUT2D eigenvalue weighted by Crippen LogP contribution is -2.49. The number of rotatable bonds is 7. The van der Waals surface area contributed by atoms with Crippen molar-refractivity contribution in [1.29, 1.82) is 0 Å². The molecule has 2 atom stereocenters. The molecule has 2 aromatic rings. The van der Waals surface area contributed by atoms with Crippen LogP contribution in [0.2, 0.25) is 0 Å². The summed E-state index contributed by atoms with van der Waals surface area (Å²) in [6.45, 7) is 4.46. The SMILES string of the molecule is CC[C@H](C)N(CC(=O)N1CCc2sccc2[C@@H]1c1ccc(F)cc1)C(=O)COC. The van der Waals surface area contributed by atoms with E-state index in [2.05, 4.69) is 0 Å². The molecule has 1 aromatic heterocycles. The minimum atomic E-state index is -0.305. The van der Waals surface area contributed by atoms with Crippen LogP contribution < -0.4 is 0 Å². The average molecular weight is 419 g/mol. The van der Waals surface area contributed by atoms with Gasteiger partial charge in [0.05, 0.1) is 6.04 Å². The number of halogens is 1. The van der Waals surface area contributed by atoms with Crippen LogP contribution in [0, 0.1) is 5.82 Å². The topological polar surface area (TPSA) is 49.9 Å². The molecule has 0 saturated carbocycles. The number of carbonyl (C=O) groups excluding carboxylic acids is 2. The van der Waals surface area contributed by atoms with Crippen LogP contribution in [0.5, 0.6) is 0 Å². The van der Waals surface area contributed by atoms with Crippen molar-refractivity contribution in [2.45, 2.75) is 38.8 Å². The van der Waals surface area contributed by atoms with Crippen molar-refractivity contribution in [3.05, 3.63) is 57.5 Å². The molecular weight excluding hydrogens is 391 g/mol. The minimum Gasteiger partial charge on any atom is -0.375 e. The van der Waals surface area contributed by atoms with E-state index >= 15 is 0 Å². The fourth-order valence-electron chi connectivity index (χ4n) is 3.74. The summed E-state index contributed by atoms with van der Waals surface area (Å²) in [5, 5.41) is 2.03. The summed E-state index contributed by atoms with van der Waals surface area (Å²) in [5.41, 5.74) is 1.96.